The predicted octanol–water partition coefficient (Wildman–Crippen LogP) is 3.23. The van der Waals surface area contributed by atoms with Crippen molar-refractivity contribution < 1.29 is 5.11 Å². The number of phenols is 1. The summed E-state index contributed by atoms with van der Waals surface area (Å²) in [6.07, 6.45) is 7.09. The number of hydrogen-bond acceptors (Lipinski definition) is 2. The zero-order valence-corrected chi connectivity index (χ0v) is 10.7. The molecule has 0 radical (unpaired) electrons. The summed E-state index contributed by atoms with van der Waals surface area (Å²) in [6.45, 7) is 2.24. The Balaban J connectivity index is 2.11. The first kappa shape index (κ1) is 12.4. The van der Waals surface area contributed by atoms with Crippen LogP contribution in [0.4, 0.5) is 0 Å². The monoisotopic (exact) mass is 233 g/mol. The second-order valence-corrected chi connectivity index (χ2v) is 5.43. The summed E-state index contributed by atoms with van der Waals surface area (Å²) in [6, 6.07) is 7.49. The molecule has 1 fully saturated rings. The highest BCUT2D eigenvalue weighted by Crippen LogP contribution is 2.36. The largest absolute Gasteiger partial charge is 0.508 e. The van der Waals surface area contributed by atoms with E-state index in [4.69, 9.17) is 5.73 Å². The molecule has 1 saturated carbocycles. The minimum Gasteiger partial charge on any atom is -0.508 e. The van der Waals surface area contributed by atoms with Crippen molar-refractivity contribution >= 4 is 0 Å². The maximum Gasteiger partial charge on any atom is 0.115 e. The van der Waals surface area contributed by atoms with Gasteiger partial charge in [0.1, 0.15) is 5.75 Å². The predicted molar refractivity (Wildman–Crippen MR) is 71.0 cm³/mol. The van der Waals surface area contributed by atoms with Gasteiger partial charge in [-0.15, -0.1) is 0 Å². The molecule has 0 aliphatic heterocycles. The molecule has 2 unspecified atom stereocenters. The minimum absolute atomic E-state index is 0.0377. The quantitative estimate of drug-likeness (QED) is 0.842. The van der Waals surface area contributed by atoms with Gasteiger partial charge in [0, 0.05) is 5.54 Å². The van der Waals surface area contributed by atoms with Gasteiger partial charge in [-0.1, -0.05) is 38.3 Å². The first-order chi connectivity index (χ1) is 8.14. The van der Waals surface area contributed by atoms with Crippen LogP contribution < -0.4 is 5.73 Å². The molecule has 2 nitrogen and oxygen atoms in total. The molecule has 0 spiro atoms. The van der Waals surface area contributed by atoms with E-state index < -0.39 is 0 Å². The van der Waals surface area contributed by atoms with E-state index in [1.54, 1.807) is 12.1 Å². The second-order valence-electron chi connectivity index (χ2n) is 5.43. The number of benzene rings is 1. The van der Waals surface area contributed by atoms with Crippen LogP contribution in [0.3, 0.4) is 0 Å². The molecule has 1 aliphatic carbocycles. The van der Waals surface area contributed by atoms with Crippen molar-refractivity contribution in [1.82, 2.24) is 0 Å². The molecule has 94 valence electrons. The molecular formula is C15H23NO. The van der Waals surface area contributed by atoms with Gasteiger partial charge in [0.05, 0.1) is 0 Å². The molecule has 0 aromatic heterocycles. The van der Waals surface area contributed by atoms with Gasteiger partial charge in [0.2, 0.25) is 0 Å². The van der Waals surface area contributed by atoms with Gasteiger partial charge in [-0.2, -0.15) is 0 Å². The van der Waals surface area contributed by atoms with Crippen LogP contribution in [0, 0.1) is 5.92 Å². The van der Waals surface area contributed by atoms with E-state index in [0.717, 1.165) is 12.8 Å². The number of nitrogens with two attached hydrogens (primary N) is 1. The van der Waals surface area contributed by atoms with Crippen molar-refractivity contribution in [2.24, 2.45) is 11.7 Å². The lowest BCUT2D eigenvalue weighted by atomic mass is 9.69. The van der Waals surface area contributed by atoms with Crippen molar-refractivity contribution in [2.45, 2.75) is 51.0 Å². The fraction of sp³-hybridized carbons (Fsp3) is 0.600. The van der Waals surface area contributed by atoms with Crippen LogP contribution in [0.25, 0.3) is 0 Å². The maximum absolute atomic E-state index is 9.29. The van der Waals surface area contributed by atoms with Gasteiger partial charge in [-0.25, -0.2) is 0 Å². The van der Waals surface area contributed by atoms with Crippen molar-refractivity contribution in [3.05, 3.63) is 29.8 Å². The molecule has 0 bridgehead atoms. The van der Waals surface area contributed by atoms with Gasteiger partial charge in [-0.05, 0) is 42.9 Å². The molecule has 0 amide bonds. The van der Waals surface area contributed by atoms with Gasteiger partial charge in [0.15, 0.2) is 0 Å². The van der Waals surface area contributed by atoms with Crippen LogP contribution in [0.1, 0.15) is 44.6 Å². The average Bonchev–Trinajstić information content (AvgIpc) is 2.32. The molecule has 0 heterocycles. The third kappa shape index (κ3) is 2.81. The molecule has 17 heavy (non-hydrogen) atoms. The number of aromatic hydroxyl groups is 1. The van der Waals surface area contributed by atoms with E-state index in [-0.39, 0.29) is 5.54 Å². The molecule has 0 saturated heterocycles. The van der Waals surface area contributed by atoms with Crippen molar-refractivity contribution in [3.63, 3.8) is 0 Å². The highest BCUT2D eigenvalue weighted by Gasteiger charge is 2.35. The fourth-order valence-corrected chi connectivity index (χ4v) is 3.17. The van der Waals surface area contributed by atoms with E-state index in [1.165, 1.54) is 31.2 Å². The zero-order valence-electron chi connectivity index (χ0n) is 10.7. The Morgan fingerprint density at radius 3 is 2.65 bits per heavy atom. The summed E-state index contributed by atoms with van der Waals surface area (Å²) in [5.41, 5.74) is 7.83. The van der Waals surface area contributed by atoms with E-state index in [2.05, 4.69) is 6.92 Å². The molecule has 1 aromatic carbocycles. The Labute approximate surface area is 104 Å². The van der Waals surface area contributed by atoms with Crippen LogP contribution in [0.5, 0.6) is 5.75 Å². The number of hydrogen-bond donors (Lipinski definition) is 2. The number of phenolic OH excluding ortho intramolecular Hbond substituents is 1. The summed E-state index contributed by atoms with van der Waals surface area (Å²) < 4.78 is 0. The van der Waals surface area contributed by atoms with E-state index in [0.29, 0.717) is 11.7 Å². The lowest BCUT2D eigenvalue weighted by Crippen LogP contribution is -2.50. The van der Waals surface area contributed by atoms with Crippen molar-refractivity contribution in [1.29, 1.82) is 0 Å². The first-order valence-electron chi connectivity index (χ1n) is 6.71. The van der Waals surface area contributed by atoms with E-state index >= 15 is 0 Å². The molecule has 2 atom stereocenters. The normalized spacial score (nSPS) is 29.2. The Morgan fingerprint density at radius 1 is 1.29 bits per heavy atom. The third-order valence-electron chi connectivity index (χ3n) is 4.22. The van der Waals surface area contributed by atoms with Gasteiger partial charge in [-0.3, -0.25) is 0 Å². The Hall–Kier alpha value is -1.02. The topological polar surface area (TPSA) is 46.2 Å². The van der Waals surface area contributed by atoms with Crippen LogP contribution in [-0.2, 0) is 6.42 Å². The van der Waals surface area contributed by atoms with E-state index in [9.17, 15) is 5.11 Å². The highest BCUT2D eigenvalue weighted by atomic mass is 16.3. The Kier molecular flexibility index (Phi) is 3.72. The lowest BCUT2D eigenvalue weighted by molar-refractivity contribution is 0.182. The Bertz CT molecular complexity index is 360. The minimum atomic E-state index is -0.0377. The zero-order chi connectivity index (χ0) is 12.3. The molecule has 1 aromatic rings. The van der Waals surface area contributed by atoms with Crippen LogP contribution >= 0.6 is 0 Å². The lowest BCUT2D eigenvalue weighted by Gasteiger charge is -2.41. The SMILES string of the molecule is CCC1CCCCC1(N)Cc1ccc(O)cc1. The summed E-state index contributed by atoms with van der Waals surface area (Å²) in [5.74, 6) is 0.973. The molecule has 3 N–H and O–H groups in total. The summed E-state index contributed by atoms with van der Waals surface area (Å²) in [5, 5.41) is 9.29. The molecule has 2 rings (SSSR count). The summed E-state index contributed by atoms with van der Waals surface area (Å²) >= 11 is 0. The first-order valence-corrected chi connectivity index (χ1v) is 6.71. The third-order valence-corrected chi connectivity index (χ3v) is 4.22. The second kappa shape index (κ2) is 5.09. The van der Waals surface area contributed by atoms with E-state index in [1.807, 2.05) is 12.1 Å². The number of rotatable bonds is 3. The molecular weight excluding hydrogens is 210 g/mol. The van der Waals surface area contributed by atoms with Crippen molar-refractivity contribution in [3.8, 4) is 5.75 Å². The standard InChI is InChI=1S/C15H23NO/c1-2-13-5-3-4-10-15(13,16)11-12-6-8-14(17)9-7-12/h6-9,13,17H,2-5,10-11,16H2,1H3. The van der Waals surface area contributed by atoms with Crippen LogP contribution in [0.2, 0.25) is 0 Å². The summed E-state index contributed by atoms with van der Waals surface area (Å²) in [4.78, 5) is 0. The summed E-state index contributed by atoms with van der Waals surface area (Å²) in [7, 11) is 0. The smallest absolute Gasteiger partial charge is 0.115 e. The van der Waals surface area contributed by atoms with Gasteiger partial charge < -0.3 is 10.8 Å². The highest BCUT2D eigenvalue weighted by molar-refractivity contribution is 5.27. The molecule has 1 aliphatic rings. The van der Waals surface area contributed by atoms with Crippen LogP contribution in [0.15, 0.2) is 24.3 Å². The van der Waals surface area contributed by atoms with Gasteiger partial charge in [0.25, 0.3) is 0 Å². The van der Waals surface area contributed by atoms with Gasteiger partial charge >= 0.3 is 0 Å². The fourth-order valence-electron chi connectivity index (χ4n) is 3.17. The van der Waals surface area contributed by atoms with Crippen molar-refractivity contribution in [2.75, 3.05) is 0 Å². The maximum atomic E-state index is 9.29. The van der Waals surface area contributed by atoms with Crippen LogP contribution in [-0.4, -0.2) is 10.6 Å². The molecule has 2 heteroatoms. The Morgan fingerprint density at radius 2 is 2.00 bits per heavy atom. The average molecular weight is 233 g/mol.